The molecule has 1 saturated heterocycles. The van der Waals surface area contributed by atoms with Crippen molar-refractivity contribution >= 4 is 29.1 Å². The minimum absolute atomic E-state index is 0.0316. The number of amides is 2. The van der Waals surface area contributed by atoms with Crippen LogP contribution in [0.2, 0.25) is 0 Å². The maximum Gasteiger partial charge on any atom is 0.416 e. The summed E-state index contributed by atoms with van der Waals surface area (Å²) in [5, 5.41) is 10.1. The summed E-state index contributed by atoms with van der Waals surface area (Å²) < 4.78 is 87.8. The summed E-state index contributed by atoms with van der Waals surface area (Å²) >= 11 is 0. The van der Waals surface area contributed by atoms with Crippen LogP contribution in [0.25, 0.3) is 0 Å². The maximum atomic E-state index is 14.0. The molecule has 4 atom stereocenters. The van der Waals surface area contributed by atoms with Gasteiger partial charge in [0, 0.05) is 34.6 Å². The topological polar surface area (TPSA) is 101 Å². The molecule has 3 aliphatic carbocycles. The van der Waals surface area contributed by atoms with Gasteiger partial charge < -0.3 is 9.84 Å². The van der Waals surface area contributed by atoms with Gasteiger partial charge in [-0.15, -0.1) is 0 Å². The number of ether oxygens (including phenoxy) is 1. The van der Waals surface area contributed by atoms with Crippen molar-refractivity contribution in [3.05, 3.63) is 99.4 Å². The third-order valence-corrected chi connectivity index (χ3v) is 9.54. The van der Waals surface area contributed by atoms with Gasteiger partial charge >= 0.3 is 12.4 Å². The van der Waals surface area contributed by atoms with Crippen LogP contribution in [0, 0.1) is 23.7 Å². The average molecular weight is 656 g/mol. The molecule has 13 heteroatoms. The zero-order valence-electron chi connectivity index (χ0n) is 24.3. The Labute approximate surface area is 262 Å². The van der Waals surface area contributed by atoms with E-state index in [2.05, 4.69) is 0 Å². The van der Waals surface area contributed by atoms with Gasteiger partial charge in [0.1, 0.15) is 11.5 Å². The Balaban J connectivity index is 1.32. The number of carbonyl (C=O) groups excluding carboxylic acids is 4. The molecule has 7 nitrogen and oxygen atoms in total. The maximum absolute atomic E-state index is 14.0. The lowest BCUT2D eigenvalue weighted by Gasteiger charge is -2.43. The molecule has 0 spiro atoms. The molecule has 0 saturated carbocycles. The van der Waals surface area contributed by atoms with Gasteiger partial charge in [-0.1, -0.05) is 11.6 Å². The minimum atomic E-state index is -5.20. The molecule has 2 heterocycles. The third-order valence-electron chi connectivity index (χ3n) is 9.54. The van der Waals surface area contributed by atoms with Gasteiger partial charge in [0.05, 0.1) is 34.9 Å². The molecule has 0 unspecified atom stereocenters. The Bertz CT molecular complexity index is 1920. The number of alkyl halides is 6. The molecule has 2 amide bonds. The van der Waals surface area contributed by atoms with E-state index in [1.54, 1.807) is 12.1 Å². The molecule has 2 aliphatic heterocycles. The van der Waals surface area contributed by atoms with Crippen LogP contribution in [0.1, 0.15) is 36.5 Å². The van der Waals surface area contributed by atoms with Gasteiger partial charge in [0.2, 0.25) is 11.8 Å². The second-order valence-corrected chi connectivity index (χ2v) is 12.3. The quantitative estimate of drug-likeness (QED) is 0.174. The highest BCUT2D eigenvalue weighted by molar-refractivity contribution is 6.25. The molecule has 2 aromatic carbocycles. The van der Waals surface area contributed by atoms with Gasteiger partial charge in [-0.2, -0.15) is 26.3 Å². The molecule has 0 bridgehead atoms. The van der Waals surface area contributed by atoms with Crippen molar-refractivity contribution in [3.63, 3.8) is 0 Å². The number of hydrogen-bond acceptors (Lipinski definition) is 6. The number of imide groups is 1. The summed E-state index contributed by atoms with van der Waals surface area (Å²) in [5.41, 5.74) is -2.04. The second-order valence-electron chi connectivity index (χ2n) is 12.3. The highest BCUT2D eigenvalue weighted by Crippen LogP contribution is 2.55. The number of phenolic OH excluding ortho intramolecular Hbond substituents is 1. The summed E-state index contributed by atoms with van der Waals surface area (Å²) in [5.74, 6) is -6.47. The van der Waals surface area contributed by atoms with Crippen LogP contribution >= 0.6 is 0 Å². The number of aromatic hydroxyl groups is 1. The largest absolute Gasteiger partial charge is 0.508 e. The number of halogens is 6. The first-order valence-corrected chi connectivity index (χ1v) is 14.6. The fourth-order valence-corrected chi connectivity index (χ4v) is 7.49. The lowest BCUT2D eigenvalue weighted by atomic mass is 9.58. The fourth-order valence-electron chi connectivity index (χ4n) is 7.49. The van der Waals surface area contributed by atoms with E-state index in [1.165, 1.54) is 31.4 Å². The highest BCUT2D eigenvalue weighted by Gasteiger charge is 2.57. The summed E-state index contributed by atoms with van der Waals surface area (Å²) in [7, 11) is 0. The molecular weight excluding hydrogens is 632 g/mol. The molecule has 2 aromatic rings. The Morgan fingerprint density at radius 2 is 1.57 bits per heavy atom. The highest BCUT2D eigenvalue weighted by atomic mass is 19.4. The number of Topliss-reactive ketones (excluding diaryl/α,β-unsaturated/α-hetero) is 1. The van der Waals surface area contributed by atoms with E-state index in [0.29, 0.717) is 39.5 Å². The smallest absolute Gasteiger partial charge is 0.416 e. The number of allylic oxidation sites excluding steroid dienone is 7. The molecule has 0 aromatic heterocycles. The molecule has 1 N–H and O–H groups in total. The van der Waals surface area contributed by atoms with E-state index in [4.69, 9.17) is 4.74 Å². The minimum Gasteiger partial charge on any atom is -0.508 e. The van der Waals surface area contributed by atoms with E-state index < -0.39 is 76.2 Å². The molecule has 7 rings (SSSR count). The number of hydrogen-bond donors (Lipinski definition) is 1. The van der Waals surface area contributed by atoms with Crippen LogP contribution in [0.3, 0.4) is 0 Å². The fraction of sp³-hybridized carbons (Fsp3) is 0.294. The van der Waals surface area contributed by atoms with Crippen molar-refractivity contribution in [1.29, 1.82) is 0 Å². The monoisotopic (exact) mass is 655 g/mol. The zero-order valence-corrected chi connectivity index (χ0v) is 24.3. The van der Waals surface area contributed by atoms with Crippen LogP contribution in [-0.4, -0.2) is 28.5 Å². The number of benzene rings is 2. The number of anilines is 1. The first-order chi connectivity index (χ1) is 22.0. The van der Waals surface area contributed by atoms with Crippen molar-refractivity contribution in [2.75, 3.05) is 4.90 Å². The lowest BCUT2D eigenvalue weighted by Crippen LogP contribution is -2.41. The van der Waals surface area contributed by atoms with Gasteiger partial charge in [-0.05, 0) is 73.7 Å². The van der Waals surface area contributed by atoms with Crippen LogP contribution in [-0.2, 0) is 38.0 Å². The Morgan fingerprint density at radius 3 is 2.23 bits per heavy atom. The van der Waals surface area contributed by atoms with Crippen molar-refractivity contribution < 1.29 is 55.4 Å². The van der Waals surface area contributed by atoms with Crippen molar-refractivity contribution in [1.82, 2.24) is 0 Å². The lowest BCUT2D eigenvalue weighted by molar-refractivity contribution is -0.143. The Kier molecular flexibility index (Phi) is 6.72. The van der Waals surface area contributed by atoms with Gasteiger partial charge in [0.25, 0.3) is 0 Å². The third kappa shape index (κ3) is 4.82. The van der Waals surface area contributed by atoms with Crippen molar-refractivity contribution in [3.8, 4) is 11.5 Å². The molecule has 0 radical (unpaired) electrons. The van der Waals surface area contributed by atoms with Crippen LogP contribution in [0.4, 0.5) is 32.0 Å². The van der Waals surface area contributed by atoms with E-state index in [1.807, 2.05) is 0 Å². The SMILES string of the molecule is CC1=CC(=O)C2=C(C1=O)[C@@H](C1=COc3ccc(O)cc3C1)C1=CC[C@@H]3C(=O)N(c4cc(C(F)(F)F)cc(C(F)(F)F)c4)C(=O)[C@@H]3[C@@H]1C2. The molecule has 1 fully saturated rings. The van der Waals surface area contributed by atoms with Crippen LogP contribution < -0.4 is 9.64 Å². The zero-order chi connectivity index (χ0) is 33.7. The second kappa shape index (κ2) is 10.3. The number of fused-ring (bicyclic) bond motifs is 4. The number of carbonyl (C=O) groups is 4. The molecular formula is C34H23F6NO6. The van der Waals surface area contributed by atoms with Gasteiger partial charge in [-0.25, -0.2) is 4.90 Å². The predicted octanol–water partition coefficient (Wildman–Crippen LogP) is 6.42. The van der Waals surface area contributed by atoms with Crippen LogP contribution in [0.5, 0.6) is 11.5 Å². The van der Waals surface area contributed by atoms with E-state index in [9.17, 15) is 50.6 Å². The van der Waals surface area contributed by atoms with E-state index in [-0.39, 0.29) is 47.8 Å². The summed E-state index contributed by atoms with van der Waals surface area (Å²) in [4.78, 5) is 55.0. The average Bonchev–Trinajstić information content (AvgIpc) is 3.26. The first kappa shape index (κ1) is 30.7. The molecule has 242 valence electrons. The first-order valence-electron chi connectivity index (χ1n) is 14.6. The number of ketones is 2. The number of nitrogens with zero attached hydrogens (tertiary/aromatic N) is 1. The summed E-state index contributed by atoms with van der Waals surface area (Å²) in [6, 6.07) is 5.09. The Hall–Kier alpha value is -4.94. The standard InChI is InChI=1S/C34H23F6NO6/c1-14-6-25(43)24-12-23-21(27(29(24)30(14)44)16-7-15-8-20(42)2-5-26(15)47-13-16)3-4-22-28(23)32(46)41(31(22)45)19-10-17(33(35,36)37)9-18(11-19)34(38,39)40/h2-3,5-6,8-11,13,22-23,27-28,42H,4,7,12H2,1H3/t22-,23+,27-,28-/m0/s1. The normalized spacial score (nSPS) is 25.8. The summed E-state index contributed by atoms with van der Waals surface area (Å²) in [6.45, 7) is 1.50. The molecule has 5 aliphatic rings. The van der Waals surface area contributed by atoms with Crippen LogP contribution in [0.15, 0.2) is 82.7 Å². The summed E-state index contributed by atoms with van der Waals surface area (Å²) in [6.07, 6.45) is -6.14. The van der Waals surface area contributed by atoms with Gasteiger partial charge in [-0.3, -0.25) is 19.2 Å². The van der Waals surface area contributed by atoms with Crippen molar-refractivity contribution in [2.24, 2.45) is 23.7 Å². The Morgan fingerprint density at radius 1 is 0.894 bits per heavy atom. The van der Waals surface area contributed by atoms with E-state index >= 15 is 0 Å². The predicted molar refractivity (Wildman–Crippen MR) is 152 cm³/mol. The number of rotatable bonds is 2. The van der Waals surface area contributed by atoms with E-state index in [0.717, 1.165) is 0 Å². The van der Waals surface area contributed by atoms with Gasteiger partial charge in [0.15, 0.2) is 11.6 Å². The number of phenols is 1. The molecule has 47 heavy (non-hydrogen) atoms. The van der Waals surface area contributed by atoms with Crippen molar-refractivity contribution in [2.45, 2.75) is 38.5 Å².